The van der Waals surface area contributed by atoms with Gasteiger partial charge in [-0.2, -0.15) is 0 Å². The number of amides is 1. The van der Waals surface area contributed by atoms with Crippen LogP contribution in [0.5, 0.6) is 0 Å². The summed E-state index contributed by atoms with van der Waals surface area (Å²) in [6.45, 7) is 0. The van der Waals surface area contributed by atoms with Gasteiger partial charge in [-0.15, -0.1) is 0 Å². The summed E-state index contributed by atoms with van der Waals surface area (Å²) in [5, 5.41) is 1.61. The van der Waals surface area contributed by atoms with Crippen LogP contribution in [0.3, 0.4) is 0 Å². The third kappa shape index (κ3) is 3.30. The number of ketones is 1. The Morgan fingerprint density at radius 3 is 2.73 bits per heavy atom. The summed E-state index contributed by atoms with van der Waals surface area (Å²) in [5.74, 6) is -1.05. The van der Waals surface area contributed by atoms with Gasteiger partial charge < -0.3 is 5.32 Å². The third-order valence-electron chi connectivity index (χ3n) is 2.56. The molecule has 0 aliphatic heterocycles. The fourth-order valence-electron chi connectivity index (χ4n) is 1.66. The van der Waals surface area contributed by atoms with E-state index in [4.69, 9.17) is 0 Å². The molecule has 0 saturated heterocycles. The van der Waals surface area contributed by atoms with E-state index >= 15 is 0 Å². The number of carbonyl (C=O) groups is 2. The molecule has 6 heteroatoms. The molecule has 1 aliphatic carbocycles. The van der Waals surface area contributed by atoms with Crippen LogP contribution < -0.4 is 5.32 Å². The van der Waals surface area contributed by atoms with Crippen LogP contribution in [0.4, 0.5) is 0 Å². The summed E-state index contributed by atoms with van der Waals surface area (Å²) in [6.07, 6.45) is 1.63. The Morgan fingerprint density at radius 2 is 2.20 bits per heavy atom. The first kappa shape index (κ1) is 12.2. The molecule has 1 amide bonds. The number of nitrogens with one attached hydrogen (secondary N) is 1. The summed E-state index contributed by atoms with van der Waals surface area (Å²) in [5.41, 5.74) is 0. The molecule has 1 aliphatic rings. The van der Waals surface area contributed by atoms with Crippen molar-refractivity contribution in [3.8, 4) is 0 Å². The number of rotatable bonds is 3. The van der Waals surface area contributed by atoms with Crippen molar-refractivity contribution in [2.24, 2.45) is 0 Å². The molecule has 0 aromatic rings. The van der Waals surface area contributed by atoms with Gasteiger partial charge in [0.2, 0.25) is 5.91 Å². The molecular weight excluding hydrogens is 218 g/mol. The maximum atomic E-state index is 11.7. The highest BCUT2D eigenvalue weighted by Gasteiger charge is 2.32. The molecule has 1 unspecified atom stereocenters. The number of hydrogen-bond acceptors (Lipinski definition) is 4. The Labute approximate surface area is 89.2 Å². The maximum Gasteiger partial charge on any atom is 0.234 e. The molecule has 0 spiro atoms. The quantitative estimate of drug-likeness (QED) is 0.723. The molecule has 1 atom stereocenters. The zero-order valence-electron chi connectivity index (χ0n) is 8.65. The number of sulfone groups is 1. The van der Waals surface area contributed by atoms with E-state index in [-0.39, 0.29) is 12.2 Å². The normalized spacial score (nSPS) is 22.5. The molecule has 5 nitrogen and oxygen atoms in total. The zero-order chi connectivity index (χ0) is 11.5. The first-order valence-corrected chi connectivity index (χ1v) is 6.61. The van der Waals surface area contributed by atoms with Crippen LogP contribution in [0.25, 0.3) is 0 Å². The number of hydrogen-bond donors (Lipinski definition) is 1. The van der Waals surface area contributed by atoms with Gasteiger partial charge >= 0.3 is 0 Å². The van der Waals surface area contributed by atoms with E-state index < -0.39 is 26.7 Å². The molecule has 1 fully saturated rings. The lowest BCUT2D eigenvalue weighted by molar-refractivity contribution is -0.120. The molecule has 1 N–H and O–H groups in total. The Morgan fingerprint density at radius 1 is 1.53 bits per heavy atom. The average molecular weight is 233 g/mol. The van der Waals surface area contributed by atoms with Gasteiger partial charge in [0, 0.05) is 19.9 Å². The van der Waals surface area contributed by atoms with Gasteiger partial charge in [0.05, 0.1) is 5.25 Å². The lowest BCUT2D eigenvalue weighted by Crippen LogP contribution is -2.36. The molecule has 0 radical (unpaired) electrons. The van der Waals surface area contributed by atoms with E-state index in [0.717, 1.165) is 0 Å². The van der Waals surface area contributed by atoms with Crippen LogP contribution in [0, 0.1) is 0 Å². The smallest absolute Gasteiger partial charge is 0.234 e. The van der Waals surface area contributed by atoms with Crippen LogP contribution in [0.1, 0.15) is 25.7 Å². The molecule has 0 bridgehead atoms. The van der Waals surface area contributed by atoms with Crippen molar-refractivity contribution in [1.29, 1.82) is 0 Å². The Balaban J connectivity index is 2.68. The van der Waals surface area contributed by atoms with E-state index in [1.54, 1.807) is 0 Å². The predicted octanol–water partition coefficient (Wildman–Crippen LogP) is -0.341. The molecule has 86 valence electrons. The van der Waals surface area contributed by atoms with Crippen molar-refractivity contribution in [2.75, 3.05) is 12.8 Å². The van der Waals surface area contributed by atoms with Crippen molar-refractivity contribution in [3.05, 3.63) is 0 Å². The zero-order valence-corrected chi connectivity index (χ0v) is 9.47. The second kappa shape index (κ2) is 4.74. The van der Waals surface area contributed by atoms with Crippen molar-refractivity contribution in [1.82, 2.24) is 5.32 Å². The van der Waals surface area contributed by atoms with Gasteiger partial charge in [-0.3, -0.25) is 9.59 Å². The average Bonchev–Trinajstić information content (AvgIpc) is 2.17. The number of Topliss-reactive ketones (excluding diaryl/α,β-unsaturated/α-hetero) is 1. The van der Waals surface area contributed by atoms with E-state index in [0.29, 0.717) is 19.3 Å². The van der Waals surface area contributed by atoms with E-state index in [2.05, 4.69) is 5.32 Å². The van der Waals surface area contributed by atoms with Crippen molar-refractivity contribution >= 4 is 21.5 Å². The highest BCUT2D eigenvalue weighted by atomic mass is 32.2. The summed E-state index contributed by atoms with van der Waals surface area (Å²) in [7, 11) is -2.07. The highest BCUT2D eigenvalue weighted by Crippen LogP contribution is 2.21. The molecule has 1 rings (SSSR count). The van der Waals surface area contributed by atoms with Crippen LogP contribution >= 0.6 is 0 Å². The first-order valence-electron chi connectivity index (χ1n) is 4.89. The Kier molecular flexibility index (Phi) is 3.84. The maximum absolute atomic E-state index is 11.7. The molecule has 1 saturated carbocycles. The second-order valence-electron chi connectivity index (χ2n) is 3.74. The molecule has 0 aromatic heterocycles. The van der Waals surface area contributed by atoms with Gasteiger partial charge in [0.25, 0.3) is 0 Å². The minimum atomic E-state index is -3.46. The minimum absolute atomic E-state index is 0.0215. The fourth-order valence-corrected chi connectivity index (χ4v) is 3.38. The third-order valence-corrected chi connectivity index (χ3v) is 4.64. The topological polar surface area (TPSA) is 80.3 Å². The van der Waals surface area contributed by atoms with Gasteiger partial charge in [-0.25, -0.2) is 8.42 Å². The van der Waals surface area contributed by atoms with E-state index in [9.17, 15) is 18.0 Å². The molecule has 15 heavy (non-hydrogen) atoms. The summed E-state index contributed by atoms with van der Waals surface area (Å²) >= 11 is 0. The van der Waals surface area contributed by atoms with E-state index in [1.165, 1.54) is 7.05 Å². The highest BCUT2D eigenvalue weighted by molar-refractivity contribution is 7.92. The minimum Gasteiger partial charge on any atom is -0.358 e. The van der Waals surface area contributed by atoms with Crippen LogP contribution in [-0.2, 0) is 19.4 Å². The molecule has 0 heterocycles. The van der Waals surface area contributed by atoms with Crippen LogP contribution in [0.15, 0.2) is 0 Å². The predicted molar refractivity (Wildman–Crippen MR) is 55.1 cm³/mol. The van der Waals surface area contributed by atoms with Gasteiger partial charge in [0.1, 0.15) is 11.5 Å². The van der Waals surface area contributed by atoms with E-state index in [1.807, 2.05) is 0 Å². The van der Waals surface area contributed by atoms with Gasteiger partial charge in [-0.05, 0) is 12.8 Å². The SMILES string of the molecule is CNC(=O)CS(=O)(=O)C1CCCC(=O)C1. The summed E-state index contributed by atoms with van der Waals surface area (Å²) in [4.78, 5) is 22.1. The van der Waals surface area contributed by atoms with Crippen LogP contribution in [-0.4, -0.2) is 38.2 Å². The molecule has 0 aromatic carbocycles. The Hall–Kier alpha value is -0.910. The van der Waals surface area contributed by atoms with Crippen molar-refractivity contribution in [3.63, 3.8) is 0 Å². The molecular formula is C9H15NO4S. The largest absolute Gasteiger partial charge is 0.358 e. The lowest BCUT2D eigenvalue weighted by Gasteiger charge is -2.20. The fraction of sp³-hybridized carbons (Fsp3) is 0.778. The first-order chi connectivity index (χ1) is 6.95. The van der Waals surface area contributed by atoms with Crippen LogP contribution in [0.2, 0.25) is 0 Å². The van der Waals surface area contributed by atoms with Gasteiger partial charge in [0.15, 0.2) is 9.84 Å². The standard InChI is InChI=1S/C9H15NO4S/c1-10-9(12)6-15(13,14)8-4-2-3-7(11)5-8/h8H,2-6H2,1H3,(H,10,12). The Bertz CT molecular complexity index is 360. The van der Waals surface area contributed by atoms with Crippen molar-refractivity contribution < 1.29 is 18.0 Å². The second-order valence-corrected chi connectivity index (χ2v) is 6.02. The summed E-state index contributed by atoms with van der Waals surface area (Å²) in [6, 6.07) is 0. The van der Waals surface area contributed by atoms with Gasteiger partial charge in [-0.1, -0.05) is 0 Å². The van der Waals surface area contributed by atoms with Crippen molar-refractivity contribution in [2.45, 2.75) is 30.9 Å². The summed E-state index contributed by atoms with van der Waals surface area (Å²) < 4.78 is 23.4. The monoisotopic (exact) mass is 233 g/mol. The lowest BCUT2D eigenvalue weighted by atomic mass is 9.99. The number of carbonyl (C=O) groups excluding carboxylic acids is 2.